The summed E-state index contributed by atoms with van der Waals surface area (Å²) in [7, 11) is 1.83. The summed E-state index contributed by atoms with van der Waals surface area (Å²) in [5, 5.41) is 10.4. The molecule has 0 bridgehead atoms. The molecule has 0 aromatic carbocycles. The predicted octanol–water partition coefficient (Wildman–Crippen LogP) is 2.22. The first-order chi connectivity index (χ1) is 10.1. The summed E-state index contributed by atoms with van der Waals surface area (Å²) >= 11 is 5.95. The van der Waals surface area contributed by atoms with Crippen molar-refractivity contribution in [1.82, 2.24) is 20.1 Å². The number of amides is 1. The molecule has 2 aromatic heterocycles. The van der Waals surface area contributed by atoms with Gasteiger partial charge in [0.15, 0.2) is 0 Å². The van der Waals surface area contributed by atoms with Gasteiger partial charge < -0.3 is 10.6 Å². The average Bonchev–Trinajstić information content (AvgIpc) is 2.87. The fourth-order valence-corrected chi connectivity index (χ4v) is 2.01. The molecule has 21 heavy (non-hydrogen) atoms. The Kier molecular flexibility index (Phi) is 5.16. The van der Waals surface area contributed by atoms with Crippen LogP contribution in [0.2, 0.25) is 5.15 Å². The molecule has 7 heteroatoms. The number of hydrogen-bond donors (Lipinski definition) is 2. The molecule has 1 amide bonds. The number of nitrogens with zero attached hydrogens (tertiary/aromatic N) is 3. The number of carbonyl (C=O) groups excluding carboxylic acids is 1. The molecule has 0 saturated carbocycles. The van der Waals surface area contributed by atoms with Gasteiger partial charge in [-0.15, -0.1) is 0 Å². The Labute approximate surface area is 128 Å². The summed E-state index contributed by atoms with van der Waals surface area (Å²) in [6.07, 6.45) is 2.80. The summed E-state index contributed by atoms with van der Waals surface area (Å²) in [5.41, 5.74) is 1.28. The monoisotopic (exact) mass is 307 g/mol. The standard InChI is InChI=1S/C14H18ClN5O/c1-3-5-16-13-8-10(7-12(15)18-13)14(21)17-9-11-4-6-20(2)19-11/h4,6-8H,3,5,9H2,1-2H3,(H,16,18)(H,17,21). The van der Waals surface area contributed by atoms with E-state index in [0.29, 0.717) is 23.1 Å². The van der Waals surface area contributed by atoms with Gasteiger partial charge in [0, 0.05) is 25.4 Å². The van der Waals surface area contributed by atoms with Gasteiger partial charge in [-0.25, -0.2) is 4.98 Å². The molecule has 0 aliphatic heterocycles. The number of rotatable bonds is 6. The number of hydrogen-bond acceptors (Lipinski definition) is 4. The second-order valence-corrected chi connectivity index (χ2v) is 5.04. The van der Waals surface area contributed by atoms with E-state index in [4.69, 9.17) is 11.6 Å². The van der Waals surface area contributed by atoms with Crippen molar-refractivity contribution in [3.8, 4) is 0 Å². The third-order valence-corrected chi connectivity index (χ3v) is 3.00. The van der Waals surface area contributed by atoms with E-state index in [0.717, 1.165) is 18.7 Å². The molecule has 0 fully saturated rings. The zero-order valence-electron chi connectivity index (χ0n) is 12.1. The Hall–Kier alpha value is -2.08. The van der Waals surface area contributed by atoms with E-state index in [1.807, 2.05) is 19.3 Å². The second kappa shape index (κ2) is 7.08. The lowest BCUT2D eigenvalue weighted by molar-refractivity contribution is 0.0950. The lowest BCUT2D eigenvalue weighted by Gasteiger charge is -2.08. The van der Waals surface area contributed by atoms with Gasteiger partial charge in [-0.1, -0.05) is 18.5 Å². The van der Waals surface area contributed by atoms with E-state index in [-0.39, 0.29) is 5.91 Å². The van der Waals surface area contributed by atoms with Gasteiger partial charge in [0.05, 0.1) is 12.2 Å². The van der Waals surface area contributed by atoms with E-state index in [2.05, 4.69) is 27.6 Å². The van der Waals surface area contributed by atoms with Crippen molar-refractivity contribution in [3.05, 3.63) is 40.8 Å². The van der Waals surface area contributed by atoms with Gasteiger partial charge in [-0.2, -0.15) is 5.10 Å². The van der Waals surface area contributed by atoms with Crippen LogP contribution in [0.1, 0.15) is 29.4 Å². The number of aryl methyl sites for hydroxylation is 1. The van der Waals surface area contributed by atoms with Crippen LogP contribution in [-0.4, -0.2) is 27.2 Å². The Morgan fingerprint density at radius 2 is 2.24 bits per heavy atom. The van der Waals surface area contributed by atoms with Gasteiger partial charge in [0.1, 0.15) is 11.0 Å². The Morgan fingerprint density at radius 1 is 1.43 bits per heavy atom. The van der Waals surface area contributed by atoms with Crippen LogP contribution in [0.5, 0.6) is 0 Å². The minimum atomic E-state index is -0.204. The van der Waals surface area contributed by atoms with Crippen molar-refractivity contribution >= 4 is 23.3 Å². The molecule has 2 aromatic rings. The number of halogens is 1. The minimum Gasteiger partial charge on any atom is -0.370 e. The average molecular weight is 308 g/mol. The first kappa shape index (κ1) is 15.3. The molecular formula is C14H18ClN5O. The maximum atomic E-state index is 12.1. The van der Waals surface area contributed by atoms with Crippen molar-refractivity contribution in [2.45, 2.75) is 19.9 Å². The van der Waals surface area contributed by atoms with Crippen molar-refractivity contribution in [2.24, 2.45) is 7.05 Å². The molecule has 0 aliphatic rings. The number of pyridine rings is 1. The van der Waals surface area contributed by atoms with Crippen molar-refractivity contribution in [2.75, 3.05) is 11.9 Å². The largest absolute Gasteiger partial charge is 0.370 e. The van der Waals surface area contributed by atoms with Crippen LogP contribution in [0.3, 0.4) is 0 Å². The normalized spacial score (nSPS) is 10.4. The van der Waals surface area contributed by atoms with Crippen LogP contribution < -0.4 is 10.6 Å². The predicted molar refractivity (Wildman–Crippen MR) is 82.4 cm³/mol. The number of aromatic nitrogens is 3. The highest BCUT2D eigenvalue weighted by Crippen LogP contribution is 2.14. The molecule has 112 valence electrons. The highest BCUT2D eigenvalue weighted by molar-refractivity contribution is 6.29. The Bertz CT molecular complexity index is 626. The summed E-state index contributed by atoms with van der Waals surface area (Å²) in [5.74, 6) is 0.400. The van der Waals surface area contributed by atoms with Crippen LogP contribution in [-0.2, 0) is 13.6 Å². The quantitative estimate of drug-likeness (QED) is 0.803. The summed E-state index contributed by atoms with van der Waals surface area (Å²) in [4.78, 5) is 16.3. The van der Waals surface area contributed by atoms with Gasteiger partial charge in [-0.3, -0.25) is 9.48 Å². The van der Waals surface area contributed by atoms with Crippen molar-refractivity contribution < 1.29 is 4.79 Å². The van der Waals surface area contributed by atoms with Crippen LogP contribution in [0.4, 0.5) is 5.82 Å². The molecule has 0 atom stereocenters. The third-order valence-electron chi connectivity index (χ3n) is 2.81. The molecule has 2 rings (SSSR count). The third kappa shape index (κ3) is 4.46. The summed E-state index contributed by atoms with van der Waals surface area (Å²) in [6, 6.07) is 5.09. The maximum absolute atomic E-state index is 12.1. The van der Waals surface area contributed by atoms with Crippen LogP contribution in [0.25, 0.3) is 0 Å². The molecule has 0 saturated heterocycles. The van der Waals surface area contributed by atoms with E-state index in [1.165, 1.54) is 0 Å². The van der Waals surface area contributed by atoms with E-state index >= 15 is 0 Å². The van der Waals surface area contributed by atoms with Crippen LogP contribution in [0, 0.1) is 0 Å². The van der Waals surface area contributed by atoms with Gasteiger partial charge in [0.25, 0.3) is 5.91 Å². The van der Waals surface area contributed by atoms with Crippen molar-refractivity contribution in [3.63, 3.8) is 0 Å². The van der Waals surface area contributed by atoms with Gasteiger partial charge >= 0.3 is 0 Å². The van der Waals surface area contributed by atoms with E-state index in [9.17, 15) is 4.79 Å². The molecule has 2 heterocycles. The van der Waals surface area contributed by atoms with Crippen LogP contribution in [0.15, 0.2) is 24.4 Å². The fourth-order valence-electron chi connectivity index (χ4n) is 1.80. The van der Waals surface area contributed by atoms with Crippen LogP contribution >= 0.6 is 11.6 Å². The molecule has 0 spiro atoms. The zero-order valence-corrected chi connectivity index (χ0v) is 12.8. The SMILES string of the molecule is CCCNc1cc(C(=O)NCc2ccn(C)n2)cc(Cl)n1. The van der Waals surface area contributed by atoms with E-state index < -0.39 is 0 Å². The molecule has 0 radical (unpaired) electrons. The Balaban J connectivity index is 2.02. The topological polar surface area (TPSA) is 71.8 Å². The summed E-state index contributed by atoms with van der Waals surface area (Å²) < 4.78 is 1.69. The first-order valence-corrected chi connectivity index (χ1v) is 7.14. The molecule has 0 aliphatic carbocycles. The molecule has 2 N–H and O–H groups in total. The maximum Gasteiger partial charge on any atom is 0.251 e. The molecule has 0 unspecified atom stereocenters. The number of nitrogens with one attached hydrogen (secondary N) is 2. The minimum absolute atomic E-state index is 0.204. The number of anilines is 1. The smallest absolute Gasteiger partial charge is 0.251 e. The van der Waals surface area contributed by atoms with Crippen molar-refractivity contribution in [1.29, 1.82) is 0 Å². The molecule has 6 nitrogen and oxygen atoms in total. The highest BCUT2D eigenvalue weighted by atomic mass is 35.5. The lowest BCUT2D eigenvalue weighted by Crippen LogP contribution is -2.23. The fraction of sp³-hybridized carbons (Fsp3) is 0.357. The van der Waals surface area contributed by atoms with E-state index in [1.54, 1.807) is 16.8 Å². The van der Waals surface area contributed by atoms with Gasteiger partial charge in [0.2, 0.25) is 0 Å². The van der Waals surface area contributed by atoms with Gasteiger partial charge in [-0.05, 0) is 24.6 Å². The zero-order chi connectivity index (χ0) is 15.2. The highest BCUT2D eigenvalue weighted by Gasteiger charge is 2.09. The number of carbonyl (C=O) groups is 1. The lowest BCUT2D eigenvalue weighted by atomic mass is 10.2. The Morgan fingerprint density at radius 3 is 2.90 bits per heavy atom. The molecular weight excluding hydrogens is 290 g/mol. The first-order valence-electron chi connectivity index (χ1n) is 6.76. The second-order valence-electron chi connectivity index (χ2n) is 4.65. The summed E-state index contributed by atoms with van der Waals surface area (Å²) in [6.45, 7) is 3.21.